The van der Waals surface area contributed by atoms with Gasteiger partial charge in [-0.25, -0.2) is 0 Å². The molecule has 0 saturated heterocycles. The van der Waals surface area contributed by atoms with Crippen molar-refractivity contribution in [1.82, 2.24) is 14.4 Å². The molecule has 1 aromatic heterocycles. The van der Waals surface area contributed by atoms with Crippen molar-refractivity contribution in [3.63, 3.8) is 0 Å². The van der Waals surface area contributed by atoms with Crippen LogP contribution in [0.4, 0.5) is 0 Å². The second kappa shape index (κ2) is 5.17. The maximum atomic E-state index is 12.9. The summed E-state index contributed by atoms with van der Waals surface area (Å²) >= 11 is 3.41. The first kappa shape index (κ1) is 15.2. The molecule has 0 atom stereocenters. The summed E-state index contributed by atoms with van der Waals surface area (Å²) in [5, 5.41) is 7.81. The third-order valence-corrected chi connectivity index (χ3v) is 6.11. The van der Waals surface area contributed by atoms with Crippen LogP contribution in [0.3, 0.4) is 0 Å². The predicted molar refractivity (Wildman–Crippen MR) is 88.5 cm³/mol. The second-order valence-electron chi connectivity index (χ2n) is 5.30. The van der Waals surface area contributed by atoms with Gasteiger partial charge in [-0.1, -0.05) is 27.2 Å². The summed E-state index contributed by atoms with van der Waals surface area (Å²) in [7, 11) is -3.78. The summed E-state index contributed by atoms with van der Waals surface area (Å²) in [5.41, 5.74) is 3.56. The van der Waals surface area contributed by atoms with Crippen molar-refractivity contribution >= 4 is 37.0 Å². The molecule has 0 fully saturated rings. The summed E-state index contributed by atoms with van der Waals surface area (Å²) in [6.45, 7) is 5.54. The maximum absolute atomic E-state index is 12.9. The molecule has 0 unspecified atom stereocenters. The number of hydrogen-bond donors (Lipinski definition) is 0. The number of halogens is 1. The fraction of sp³-hybridized carbons (Fsp3) is 0.200. The SMILES string of the molecule is Cc1ccc2c(c1)nnn2S(=O)(=O)c1cc(C)c(Br)cc1C. The van der Waals surface area contributed by atoms with Gasteiger partial charge in [0.2, 0.25) is 0 Å². The fourth-order valence-corrected chi connectivity index (χ4v) is 4.30. The normalized spacial score (nSPS) is 12.0. The summed E-state index contributed by atoms with van der Waals surface area (Å²) in [4.78, 5) is 0.237. The first-order valence-corrected chi connectivity index (χ1v) is 8.88. The van der Waals surface area contributed by atoms with Gasteiger partial charge in [0.15, 0.2) is 0 Å². The van der Waals surface area contributed by atoms with Crippen molar-refractivity contribution in [1.29, 1.82) is 0 Å². The van der Waals surface area contributed by atoms with Crippen LogP contribution in [-0.4, -0.2) is 22.8 Å². The van der Waals surface area contributed by atoms with Gasteiger partial charge in [0.1, 0.15) is 11.0 Å². The van der Waals surface area contributed by atoms with Gasteiger partial charge in [-0.2, -0.15) is 8.42 Å². The first-order valence-electron chi connectivity index (χ1n) is 6.65. The predicted octanol–water partition coefficient (Wildman–Crippen LogP) is 3.36. The average molecular weight is 380 g/mol. The first-order chi connectivity index (χ1) is 10.3. The number of fused-ring (bicyclic) bond motifs is 1. The van der Waals surface area contributed by atoms with Crippen molar-refractivity contribution < 1.29 is 8.42 Å². The molecule has 1 heterocycles. The van der Waals surface area contributed by atoms with E-state index in [1.165, 1.54) is 0 Å². The van der Waals surface area contributed by atoms with Gasteiger partial charge < -0.3 is 0 Å². The Labute approximate surface area is 137 Å². The molecule has 0 bridgehead atoms. The molecule has 0 N–H and O–H groups in total. The number of nitrogens with zero attached hydrogens (tertiary/aromatic N) is 3. The van der Waals surface area contributed by atoms with E-state index in [9.17, 15) is 8.42 Å². The molecule has 3 rings (SSSR count). The van der Waals surface area contributed by atoms with E-state index in [1.807, 2.05) is 26.0 Å². The Balaban J connectivity index is 2.27. The van der Waals surface area contributed by atoms with Crippen LogP contribution in [0.2, 0.25) is 0 Å². The lowest BCUT2D eigenvalue weighted by molar-refractivity contribution is 0.578. The molecule has 3 aromatic rings. The Morgan fingerprint density at radius 1 is 1.05 bits per heavy atom. The summed E-state index contributed by atoms with van der Waals surface area (Å²) < 4.78 is 27.7. The van der Waals surface area contributed by atoms with E-state index in [0.717, 1.165) is 19.7 Å². The topological polar surface area (TPSA) is 64.8 Å². The Bertz CT molecular complexity index is 993. The van der Waals surface area contributed by atoms with Crippen LogP contribution in [0, 0.1) is 20.8 Å². The van der Waals surface area contributed by atoms with Crippen LogP contribution < -0.4 is 0 Å². The lowest BCUT2D eigenvalue weighted by Crippen LogP contribution is -2.16. The van der Waals surface area contributed by atoms with E-state index in [0.29, 0.717) is 16.6 Å². The molecule has 2 aromatic carbocycles. The molecule has 5 nitrogen and oxygen atoms in total. The monoisotopic (exact) mass is 379 g/mol. The Hall–Kier alpha value is -1.73. The van der Waals surface area contributed by atoms with Crippen molar-refractivity contribution in [2.24, 2.45) is 0 Å². The highest BCUT2D eigenvalue weighted by molar-refractivity contribution is 9.10. The number of rotatable bonds is 2. The molecule has 0 saturated carbocycles. The third kappa shape index (κ3) is 2.34. The maximum Gasteiger partial charge on any atom is 0.285 e. The standard InChI is InChI=1S/C15H14BrN3O2S/c1-9-4-5-14-13(6-9)17-18-19(14)22(20,21)15-8-10(2)12(16)7-11(15)3/h4-8H,1-3H3. The Kier molecular flexibility index (Phi) is 3.57. The van der Waals surface area contributed by atoms with Crippen molar-refractivity contribution in [2.75, 3.05) is 0 Å². The quantitative estimate of drug-likeness (QED) is 0.684. The average Bonchev–Trinajstić information content (AvgIpc) is 2.86. The van der Waals surface area contributed by atoms with Crippen LogP contribution in [-0.2, 0) is 10.0 Å². The minimum Gasteiger partial charge on any atom is -0.199 e. The van der Waals surface area contributed by atoms with E-state index in [2.05, 4.69) is 26.2 Å². The van der Waals surface area contributed by atoms with Gasteiger partial charge in [0.05, 0.1) is 4.90 Å². The summed E-state index contributed by atoms with van der Waals surface area (Å²) in [6.07, 6.45) is 0. The fourth-order valence-electron chi connectivity index (χ4n) is 2.32. The van der Waals surface area contributed by atoms with E-state index in [4.69, 9.17) is 0 Å². The van der Waals surface area contributed by atoms with Crippen molar-refractivity contribution in [2.45, 2.75) is 25.7 Å². The molecule has 0 radical (unpaired) electrons. The molecule has 0 amide bonds. The lowest BCUT2D eigenvalue weighted by atomic mass is 10.2. The molecule has 0 aliphatic rings. The van der Waals surface area contributed by atoms with Gasteiger partial charge in [-0.05, 0) is 61.7 Å². The van der Waals surface area contributed by atoms with Crippen molar-refractivity contribution in [3.05, 3.63) is 51.5 Å². The van der Waals surface area contributed by atoms with Crippen LogP contribution >= 0.6 is 15.9 Å². The highest BCUT2D eigenvalue weighted by atomic mass is 79.9. The van der Waals surface area contributed by atoms with Gasteiger partial charge in [0.25, 0.3) is 10.0 Å². The van der Waals surface area contributed by atoms with Gasteiger partial charge >= 0.3 is 0 Å². The minimum atomic E-state index is -3.78. The Morgan fingerprint density at radius 3 is 2.50 bits per heavy atom. The number of aromatic nitrogens is 3. The number of hydrogen-bond acceptors (Lipinski definition) is 4. The molecule has 114 valence electrons. The van der Waals surface area contributed by atoms with Gasteiger partial charge in [-0.3, -0.25) is 0 Å². The molecule has 22 heavy (non-hydrogen) atoms. The van der Waals surface area contributed by atoms with Crippen LogP contribution in [0.25, 0.3) is 11.0 Å². The minimum absolute atomic E-state index is 0.237. The molecule has 7 heteroatoms. The smallest absolute Gasteiger partial charge is 0.199 e. The van der Waals surface area contributed by atoms with Gasteiger partial charge in [-0.15, -0.1) is 9.19 Å². The van der Waals surface area contributed by atoms with Crippen LogP contribution in [0.15, 0.2) is 39.7 Å². The van der Waals surface area contributed by atoms with Crippen LogP contribution in [0.1, 0.15) is 16.7 Å². The number of benzene rings is 2. The molecular formula is C15H14BrN3O2S. The zero-order valence-electron chi connectivity index (χ0n) is 12.3. The van der Waals surface area contributed by atoms with Crippen LogP contribution in [0.5, 0.6) is 0 Å². The highest BCUT2D eigenvalue weighted by Gasteiger charge is 2.24. The zero-order valence-corrected chi connectivity index (χ0v) is 14.7. The van der Waals surface area contributed by atoms with E-state index >= 15 is 0 Å². The summed E-state index contributed by atoms with van der Waals surface area (Å²) in [6, 6.07) is 8.83. The van der Waals surface area contributed by atoms with E-state index < -0.39 is 10.0 Å². The lowest BCUT2D eigenvalue weighted by Gasteiger charge is -2.10. The van der Waals surface area contributed by atoms with Gasteiger partial charge in [0, 0.05) is 4.47 Å². The molecular weight excluding hydrogens is 366 g/mol. The van der Waals surface area contributed by atoms with Crippen molar-refractivity contribution in [3.8, 4) is 0 Å². The Morgan fingerprint density at radius 2 is 1.77 bits per heavy atom. The molecule has 0 aliphatic carbocycles. The summed E-state index contributed by atoms with van der Waals surface area (Å²) in [5.74, 6) is 0. The second-order valence-corrected chi connectivity index (χ2v) is 7.89. The number of aryl methyl sites for hydroxylation is 3. The molecule has 0 aliphatic heterocycles. The highest BCUT2D eigenvalue weighted by Crippen LogP contribution is 2.27. The van der Waals surface area contributed by atoms with E-state index in [1.54, 1.807) is 25.1 Å². The zero-order chi connectivity index (χ0) is 16.1. The third-order valence-electron chi connectivity index (χ3n) is 3.53. The largest absolute Gasteiger partial charge is 0.285 e. The van der Waals surface area contributed by atoms with E-state index in [-0.39, 0.29) is 4.90 Å². The molecule has 0 spiro atoms.